The molecule has 0 aliphatic carbocycles. The highest BCUT2D eigenvalue weighted by molar-refractivity contribution is 5.95. The normalized spacial score (nSPS) is 13.8. The minimum Gasteiger partial charge on any atom is -0.482 e. The molecule has 1 aromatic heterocycles. The molecule has 8 heteroatoms. The van der Waals surface area contributed by atoms with E-state index >= 15 is 0 Å². The molecule has 1 aliphatic rings. The average molecular weight is 342 g/mol. The van der Waals surface area contributed by atoms with Gasteiger partial charge in [0.05, 0.1) is 18.8 Å². The molecule has 1 aromatic carbocycles. The highest BCUT2D eigenvalue weighted by Gasteiger charge is 2.18. The number of hydrogen-bond donors (Lipinski definition) is 3. The third kappa shape index (κ3) is 3.79. The fourth-order valence-electron chi connectivity index (χ4n) is 2.46. The van der Waals surface area contributed by atoms with E-state index in [4.69, 9.17) is 9.47 Å². The number of nitrogens with one attached hydrogen (secondary N) is 3. The van der Waals surface area contributed by atoms with Crippen LogP contribution in [0.1, 0.15) is 18.5 Å². The van der Waals surface area contributed by atoms with E-state index in [9.17, 15) is 9.59 Å². The number of hydrogen-bond acceptors (Lipinski definition) is 5. The zero-order chi connectivity index (χ0) is 17.8. The maximum Gasteiger partial charge on any atom is 0.319 e. The van der Waals surface area contributed by atoms with Crippen LogP contribution in [0.4, 0.5) is 16.2 Å². The van der Waals surface area contributed by atoms with Crippen molar-refractivity contribution >= 4 is 23.3 Å². The number of aromatic nitrogens is 1. The van der Waals surface area contributed by atoms with E-state index in [1.54, 1.807) is 30.5 Å². The topological polar surface area (TPSA) is 102 Å². The second-order valence-corrected chi connectivity index (χ2v) is 5.47. The number of fused-ring (bicyclic) bond motifs is 1. The molecule has 25 heavy (non-hydrogen) atoms. The quantitative estimate of drug-likeness (QED) is 0.791. The maximum atomic E-state index is 12.2. The molecule has 130 valence electrons. The molecule has 3 rings (SSSR count). The predicted octanol–water partition coefficient (Wildman–Crippen LogP) is 2.30. The van der Waals surface area contributed by atoms with Gasteiger partial charge in [-0.15, -0.1) is 0 Å². The number of anilines is 2. The number of carbonyl (C=O) groups is 2. The van der Waals surface area contributed by atoms with Crippen LogP contribution in [0.3, 0.4) is 0 Å². The van der Waals surface area contributed by atoms with Crippen LogP contribution < -0.4 is 25.4 Å². The van der Waals surface area contributed by atoms with Gasteiger partial charge >= 0.3 is 6.03 Å². The Kier molecular flexibility index (Phi) is 4.69. The van der Waals surface area contributed by atoms with Crippen molar-refractivity contribution in [3.63, 3.8) is 0 Å². The molecule has 2 heterocycles. The summed E-state index contributed by atoms with van der Waals surface area (Å²) in [5, 5.41) is 8.27. The maximum absolute atomic E-state index is 12.2. The van der Waals surface area contributed by atoms with Crippen molar-refractivity contribution in [2.75, 3.05) is 24.4 Å². The van der Waals surface area contributed by atoms with Gasteiger partial charge in [-0.05, 0) is 36.8 Å². The van der Waals surface area contributed by atoms with Crippen LogP contribution in [0.5, 0.6) is 11.6 Å². The zero-order valence-corrected chi connectivity index (χ0v) is 13.8. The lowest BCUT2D eigenvalue weighted by Crippen LogP contribution is -2.31. The van der Waals surface area contributed by atoms with Crippen molar-refractivity contribution in [3.05, 3.63) is 42.1 Å². The molecular formula is C17H18N4O4. The van der Waals surface area contributed by atoms with Crippen LogP contribution in [0, 0.1) is 0 Å². The first-order chi connectivity index (χ1) is 12.1. The summed E-state index contributed by atoms with van der Waals surface area (Å²) >= 11 is 0. The van der Waals surface area contributed by atoms with Gasteiger partial charge in [-0.3, -0.25) is 4.79 Å². The van der Waals surface area contributed by atoms with Crippen molar-refractivity contribution in [2.24, 2.45) is 0 Å². The molecule has 0 radical (unpaired) electrons. The lowest BCUT2D eigenvalue weighted by molar-refractivity contribution is -0.118. The Morgan fingerprint density at radius 3 is 3.04 bits per heavy atom. The number of carbonyl (C=O) groups excluding carboxylic acids is 2. The Bertz CT molecular complexity index is 809. The molecule has 0 bridgehead atoms. The van der Waals surface area contributed by atoms with Gasteiger partial charge in [0.25, 0.3) is 5.91 Å². The van der Waals surface area contributed by atoms with Crippen molar-refractivity contribution < 1.29 is 19.1 Å². The van der Waals surface area contributed by atoms with Crippen LogP contribution in [0.15, 0.2) is 36.5 Å². The van der Waals surface area contributed by atoms with Gasteiger partial charge < -0.3 is 25.4 Å². The van der Waals surface area contributed by atoms with Crippen molar-refractivity contribution in [1.29, 1.82) is 0 Å². The molecule has 1 aliphatic heterocycles. The van der Waals surface area contributed by atoms with Gasteiger partial charge in [-0.1, -0.05) is 6.07 Å². The fraction of sp³-hybridized carbons (Fsp3) is 0.235. The van der Waals surface area contributed by atoms with Crippen LogP contribution in [-0.2, 0) is 4.79 Å². The number of urea groups is 1. The number of pyridine rings is 1. The zero-order valence-electron chi connectivity index (χ0n) is 13.8. The van der Waals surface area contributed by atoms with Crippen molar-refractivity contribution in [3.8, 4) is 11.6 Å². The molecule has 0 fully saturated rings. The van der Waals surface area contributed by atoms with Crippen LogP contribution in [-0.4, -0.2) is 30.6 Å². The van der Waals surface area contributed by atoms with E-state index in [1.165, 1.54) is 7.11 Å². The minimum absolute atomic E-state index is 0.00942. The first-order valence-electron chi connectivity index (χ1n) is 7.70. The standard InChI is InChI=1S/C17H18N4O4/c1-10(11-5-6-14-13(8-11)20-15(22)9-25-14)19-17(23)21-12-4-3-7-18-16(12)24-2/h3-8,10H,9H2,1-2H3,(H,20,22)(H2,19,21,23). The molecule has 0 spiro atoms. The number of benzene rings is 1. The van der Waals surface area contributed by atoms with Gasteiger partial charge in [-0.2, -0.15) is 0 Å². The summed E-state index contributed by atoms with van der Waals surface area (Å²) in [6.07, 6.45) is 1.58. The Hall–Kier alpha value is -3.29. The summed E-state index contributed by atoms with van der Waals surface area (Å²) in [5.74, 6) is 0.741. The second kappa shape index (κ2) is 7.08. The lowest BCUT2D eigenvalue weighted by Gasteiger charge is -2.21. The monoisotopic (exact) mass is 342 g/mol. The molecule has 1 atom stereocenters. The summed E-state index contributed by atoms with van der Waals surface area (Å²) in [6, 6.07) is 8.11. The van der Waals surface area contributed by atoms with Gasteiger partial charge in [0.1, 0.15) is 11.4 Å². The van der Waals surface area contributed by atoms with E-state index in [1.807, 2.05) is 13.0 Å². The molecule has 3 amide bonds. The van der Waals surface area contributed by atoms with Crippen LogP contribution in [0.2, 0.25) is 0 Å². The summed E-state index contributed by atoms with van der Waals surface area (Å²) in [6.45, 7) is 1.85. The molecule has 0 saturated carbocycles. The summed E-state index contributed by atoms with van der Waals surface area (Å²) in [4.78, 5) is 27.6. The number of amides is 3. The Morgan fingerprint density at radius 2 is 2.24 bits per heavy atom. The molecule has 0 saturated heterocycles. The van der Waals surface area contributed by atoms with Crippen LogP contribution >= 0.6 is 0 Å². The van der Waals surface area contributed by atoms with E-state index in [0.717, 1.165) is 5.56 Å². The molecule has 2 aromatic rings. The largest absolute Gasteiger partial charge is 0.482 e. The van der Waals surface area contributed by atoms with E-state index in [2.05, 4.69) is 20.9 Å². The van der Waals surface area contributed by atoms with Crippen molar-refractivity contribution in [1.82, 2.24) is 10.3 Å². The first-order valence-corrected chi connectivity index (χ1v) is 7.70. The van der Waals surface area contributed by atoms with Gasteiger partial charge in [0.15, 0.2) is 6.61 Å². The highest BCUT2D eigenvalue weighted by atomic mass is 16.5. The highest BCUT2D eigenvalue weighted by Crippen LogP contribution is 2.30. The summed E-state index contributed by atoms with van der Waals surface area (Å²) in [7, 11) is 1.48. The van der Waals surface area contributed by atoms with Gasteiger partial charge in [-0.25, -0.2) is 9.78 Å². The molecule has 3 N–H and O–H groups in total. The smallest absolute Gasteiger partial charge is 0.319 e. The Labute approximate surface area is 144 Å². The Morgan fingerprint density at radius 1 is 1.40 bits per heavy atom. The van der Waals surface area contributed by atoms with Crippen LogP contribution in [0.25, 0.3) is 0 Å². The van der Waals surface area contributed by atoms with Crippen molar-refractivity contribution in [2.45, 2.75) is 13.0 Å². The summed E-state index contributed by atoms with van der Waals surface area (Å²) < 4.78 is 10.4. The number of rotatable bonds is 4. The second-order valence-electron chi connectivity index (χ2n) is 5.47. The third-order valence-corrected chi connectivity index (χ3v) is 3.70. The Balaban J connectivity index is 1.67. The molecule has 1 unspecified atom stereocenters. The molecular weight excluding hydrogens is 324 g/mol. The summed E-state index contributed by atoms with van der Waals surface area (Å²) in [5.41, 5.74) is 1.90. The lowest BCUT2D eigenvalue weighted by atomic mass is 10.1. The minimum atomic E-state index is -0.392. The average Bonchev–Trinajstić information content (AvgIpc) is 2.61. The molecule has 8 nitrogen and oxygen atoms in total. The number of methoxy groups -OCH3 is 1. The fourth-order valence-corrected chi connectivity index (χ4v) is 2.46. The number of ether oxygens (including phenoxy) is 2. The van der Waals surface area contributed by atoms with Gasteiger partial charge in [0, 0.05) is 6.20 Å². The van der Waals surface area contributed by atoms with E-state index < -0.39 is 6.03 Å². The third-order valence-electron chi connectivity index (χ3n) is 3.70. The number of nitrogens with zero attached hydrogens (tertiary/aromatic N) is 1. The predicted molar refractivity (Wildman–Crippen MR) is 91.9 cm³/mol. The van der Waals surface area contributed by atoms with E-state index in [0.29, 0.717) is 23.0 Å². The van der Waals surface area contributed by atoms with E-state index in [-0.39, 0.29) is 18.6 Å². The van der Waals surface area contributed by atoms with Gasteiger partial charge in [0.2, 0.25) is 5.88 Å². The SMILES string of the molecule is COc1ncccc1NC(=O)NC(C)c1ccc2c(c1)NC(=O)CO2. The first kappa shape index (κ1) is 16.6.